The van der Waals surface area contributed by atoms with E-state index in [1.807, 2.05) is 0 Å². The normalized spacial score (nSPS) is 12.5. The molecule has 10 rings (SSSR count). The van der Waals surface area contributed by atoms with Gasteiger partial charge in [0.2, 0.25) is 0 Å². The molecule has 0 aliphatic carbocycles. The average Bonchev–Trinajstić information content (AvgIpc) is 3.61. The molecule has 0 heterocycles. The lowest BCUT2D eigenvalue weighted by Crippen LogP contribution is -1.97. The molecule has 0 bridgehead atoms. The Hall–Kier alpha value is -5.46. The Bertz CT molecular complexity index is 2690. The molecule has 0 saturated heterocycles. The second kappa shape index (κ2) is 10.0. The summed E-state index contributed by atoms with van der Waals surface area (Å²) >= 11 is 0. The van der Waals surface area contributed by atoms with Crippen molar-refractivity contribution in [1.82, 2.24) is 0 Å². The lowest BCUT2D eigenvalue weighted by atomic mass is 9.81. The highest BCUT2D eigenvalue weighted by Crippen LogP contribution is 2.54. The Morgan fingerprint density at radius 3 is 1.10 bits per heavy atom. The molecule has 0 heteroatoms. The number of benzene rings is 8. The minimum atomic E-state index is 0.389. The molecule has 0 N–H and O–H groups in total. The van der Waals surface area contributed by atoms with Crippen LogP contribution in [0, 0.1) is 0 Å². The third-order valence-electron chi connectivity index (χ3n) is 11.1. The highest BCUT2D eigenvalue weighted by Gasteiger charge is 2.27. The highest BCUT2D eigenvalue weighted by atomic mass is 14.3. The summed E-state index contributed by atoms with van der Waals surface area (Å²) in [7, 11) is 0. The van der Waals surface area contributed by atoms with E-state index >= 15 is 0 Å². The van der Waals surface area contributed by atoms with E-state index in [4.69, 9.17) is 0 Å². The first-order valence-corrected chi connectivity index (χ1v) is 17.4. The van der Waals surface area contributed by atoms with Crippen LogP contribution in [0.1, 0.15) is 50.7 Å². The molecule has 0 aromatic heterocycles. The van der Waals surface area contributed by atoms with Gasteiger partial charge in [-0.3, -0.25) is 0 Å². The minimum absolute atomic E-state index is 0.389. The summed E-state index contributed by atoms with van der Waals surface area (Å²) in [5.74, 6) is 0.778. The summed E-state index contributed by atoms with van der Waals surface area (Å²) < 4.78 is 0. The van der Waals surface area contributed by atoms with Crippen LogP contribution in [0.5, 0.6) is 0 Å². The maximum Gasteiger partial charge on any atom is -0.000731 e. The van der Waals surface area contributed by atoms with Gasteiger partial charge in [-0.25, -0.2) is 0 Å². The van der Waals surface area contributed by atoms with Gasteiger partial charge in [-0.2, -0.15) is 0 Å². The molecule has 10 aromatic rings. The predicted molar refractivity (Wildman–Crippen MR) is 210 cm³/mol. The second-order valence-corrected chi connectivity index (χ2v) is 14.3. The highest BCUT2D eigenvalue weighted by molar-refractivity contribution is 6.42. The van der Waals surface area contributed by atoms with Gasteiger partial charge in [0.1, 0.15) is 0 Å². The molecule has 0 atom stereocenters. The van der Waals surface area contributed by atoms with Crippen molar-refractivity contribution in [3.63, 3.8) is 0 Å². The zero-order valence-electron chi connectivity index (χ0n) is 27.9. The lowest BCUT2D eigenvalue weighted by Gasteiger charge is -2.22. The molecule has 48 heavy (non-hydrogen) atoms. The maximum absolute atomic E-state index is 2.55. The van der Waals surface area contributed by atoms with Crippen molar-refractivity contribution in [2.45, 2.75) is 39.5 Å². The van der Waals surface area contributed by atoms with Crippen LogP contribution < -0.4 is 0 Å². The van der Waals surface area contributed by atoms with Crippen LogP contribution in [0.2, 0.25) is 0 Å². The predicted octanol–water partition coefficient (Wildman–Crippen LogP) is 14.2. The van der Waals surface area contributed by atoms with Gasteiger partial charge in [0, 0.05) is 0 Å². The minimum Gasteiger partial charge on any atom is -0.0619 e. The Kier molecular flexibility index (Phi) is 5.77. The van der Waals surface area contributed by atoms with Crippen LogP contribution >= 0.6 is 0 Å². The van der Waals surface area contributed by atoms with Gasteiger partial charge in [-0.05, 0) is 133 Å². The van der Waals surface area contributed by atoms with Gasteiger partial charge < -0.3 is 0 Å². The number of rotatable bonds is 4. The third-order valence-corrected chi connectivity index (χ3v) is 11.1. The van der Waals surface area contributed by atoms with E-state index in [0.717, 1.165) is 0 Å². The Morgan fingerprint density at radius 2 is 0.688 bits per heavy atom. The standard InChI is InChI=1S/C48H36/c1-27(2)31-17-5-7-19-33(31)45-41-25-39-35-21-9-13-29-14-10-22-36(43(29)35)40(39)26-42(41)46(34-20-8-6-18-32(34)28(3)4)48-38-24-12-16-30-15-11-23-37(44(30)38)47(45)48/h5-28H,1-4H3. The quantitative estimate of drug-likeness (QED) is 0.185. The third kappa shape index (κ3) is 3.61. The second-order valence-electron chi connectivity index (χ2n) is 14.3. The topological polar surface area (TPSA) is 0 Å². The van der Waals surface area contributed by atoms with E-state index in [1.54, 1.807) is 0 Å². The fourth-order valence-electron chi connectivity index (χ4n) is 9.08. The molecule has 0 nitrogen and oxygen atoms in total. The summed E-state index contributed by atoms with van der Waals surface area (Å²) in [5, 5.41) is 18.9. The van der Waals surface area contributed by atoms with Crippen LogP contribution in [0.3, 0.4) is 0 Å². The number of hydrogen-bond donors (Lipinski definition) is 0. The SMILES string of the molecule is CC(C)c1ccccc1-c1c2cc3c(cc2c(-c2ccccc2C(C)C)c2c4cccc5cccc(c12)c54)c1cccc2cccc3c21. The first-order valence-electron chi connectivity index (χ1n) is 17.4. The largest absolute Gasteiger partial charge is 0.0619 e. The van der Waals surface area contributed by atoms with Gasteiger partial charge in [-0.1, -0.05) is 149 Å². The van der Waals surface area contributed by atoms with Crippen molar-refractivity contribution < 1.29 is 0 Å². The Labute approximate surface area is 280 Å². The molecule has 0 saturated carbocycles. The van der Waals surface area contributed by atoms with Crippen LogP contribution in [-0.4, -0.2) is 0 Å². The van der Waals surface area contributed by atoms with Gasteiger partial charge >= 0.3 is 0 Å². The zero-order chi connectivity index (χ0) is 32.3. The van der Waals surface area contributed by atoms with Gasteiger partial charge in [-0.15, -0.1) is 0 Å². The van der Waals surface area contributed by atoms with Crippen LogP contribution in [0.4, 0.5) is 0 Å². The summed E-state index contributed by atoms with van der Waals surface area (Å²) in [5.41, 5.74) is 8.21. The first kappa shape index (κ1) is 27.6. The molecule has 0 spiro atoms. The van der Waals surface area contributed by atoms with Crippen molar-refractivity contribution in [3.05, 3.63) is 145 Å². The van der Waals surface area contributed by atoms with Gasteiger partial charge in [0.05, 0.1) is 0 Å². The number of hydrogen-bond acceptors (Lipinski definition) is 0. The van der Waals surface area contributed by atoms with E-state index in [2.05, 4.69) is 161 Å². The average molecular weight is 613 g/mol. The van der Waals surface area contributed by atoms with E-state index in [9.17, 15) is 0 Å². The van der Waals surface area contributed by atoms with E-state index < -0.39 is 0 Å². The molecule has 10 aromatic carbocycles. The van der Waals surface area contributed by atoms with E-state index in [-0.39, 0.29) is 0 Å². The summed E-state index contributed by atoms with van der Waals surface area (Å²) in [6, 6.07) is 50.8. The first-order chi connectivity index (χ1) is 23.5. The summed E-state index contributed by atoms with van der Waals surface area (Å²) in [4.78, 5) is 0. The molecule has 0 fully saturated rings. The number of fused-ring (bicyclic) bond motifs is 7. The van der Waals surface area contributed by atoms with E-state index in [1.165, 1.54) is 109 Å². The van der Waals surface area contributed by atoms with Crippen LogP contribution in [0.15, 0.2) is 133 Å². The maximum atomic E-state index is 2.55. The zero-order valence-corrected chi connectivity index (χ0v) is 27.9. The molecule has 0 amide bonds. The summed E-state index contributed by atoms with van der Waals surface area (Å²) in [6.45, 7) is 9.33. The van der Waals surface area contributed by atoms with Crippen LogP contribution in [0.25, 0.3) is 97.7 Å². The molecule has 0 aliphatic heterocycles. The molecule has 0 radical (unpaired) electrons. The molecule has 0 unspecified atom stereocenters. The van der Waals surface area contributed by atoms with Crippen molar-refractivity contribution in [2.24, 2.45) is 0 Å². The summed E-state index contributed by atoms with van der Waals surface area (Å²) in [6.07, 6.45) is 0. The van der Waals surface area contributed by atoms with Crippen molar-refractivity contribution in [3.8, 4) is 22.3 Å². The van der Waals surface area contributed by atoms with Crippen molar-refractivity contribution >= 4 is 75.4 Å². The van der Waals surface area contributed by atoms with Gasteiger partial charge in [0.25, 0.3) is 0 Å². The molecule has 228 valence electrons. The Morgan fingerprint density at radius 1 is 0.312 bits per heavy atom. The smallest absolute Gasteiger partial charge is 0.000731 e. The fraction of sp³-hybridized carbons (Fsp3) is 0.125. The molecule has 0 aliphatic rings. The molecular weight excluding hydrogens is 577 g/mol. The fourth-order valence-corrected chi connectivity index (χ4v) is 9.08. The Balaban J connectivity index is 1.57. The van der Waals surface area contributed by atoms with Crippen molar-refractivity contribution in [2.75, 3.05) is 0 Å². The lowest BCUT2D eigenvalue weighted by molar-refractivity contribution is 0.869. The van der Waals surface area contributed by atoms with Gasteiger partial charge in [0.15, 0.2) is 0 Å². The molecular formula is C48H36. The monoisotopic (exact) mass is 612 g/mol. The van der Waals surface area contributed by atoms with E-state index in [0.29, 0.717) is 11.8 Å². The van der Waals surface area contributed by atoms with Crippen LogP contribution in [-0.2, 0) is 0 Å². The van der Waals surface area contributed by atoms with Crippen molar-refractivity contribution in [1.29, 1.82) is 0 Å².